The topological polar surface area (TPSA) is 107 Å². The fourth-order valence-electron chi connectivity index (χ4n) is 3.05. The Balaban J connectivity index is 1.72. The second-order valence-electron chi connectivity index (χ2n) is 7.46. The first-order chi connectivity index (χ1) is 14.5. The Bertz CT molecular complexity index is 698. The number of aliphatic hydroxyl groups excluding tert-OH is 2. The van der Waals surface area contributed by atoms with Crippen LogP contribution in [0.5, 0.6) is 11.5 Å². The van der Waals surface area contributed by atoms with Crippen LogP contribution in [0.3, 0.4) is 0 Å². The van der Waals surface area contributed by atoms with Crippen molar-refractivity contribution in [1.29, 1.82) is 0 Å². The summed E-state index contributed by atoms with van der Waals surface area (Å²) in [7, 11) is 1.69. The molecule has 4 atom stereocenters. The molecule has 2 aromatic rings. The van der Waals surface area contributed by atoms with Crippen LogP contribution >= 0.6 is 0 Å². The van der Waals surface area contributed by atoms with Gasteiger partial charge >= 0.3 is 0 Å². The summed E-state index contributed by atoms with van der Waals surface area (Å²) in [5.41, 5.74) is 6.77. The minimum atomic E-state index is -0.854. The van der Waals surface area contributed by atoms with Crippen LogP contribution < -0.4 is 15.2 Å². The molecule has 4 unspecified atom stereocenters. The zero-order chi connectivity index (χ0) is 21.8. The predicted molar refractivity (Wildman–Crippen MR) is 116 cm³/mol. The second kappa shape index (κ2) is 13.2. The molecule has 2 rings (SSSR count). The number of aliphatic hydroxyl groups is 2. The lowest BCUT2D eigenvalue weighted by molar-refractivity contribution is 0.0539. The summed E-state index contributed by atoms with van der Waals surface area (Å²) < 4.78 is 16.3. The molecule has 7 heteroatoms. The third-order valence-electron chi connectivity index (χ3n) is 4.98. The molecule has 0 saturated carbocycles. The van der Waals surface area contributed by atoms with E-state index >= 15 is 0 Å². The summed E-state index contributed by atoms with van der Waals surface area (Å²) in [6, 6.07) is 12.2. The van der Waals surface area contributed by atoms with Gasteiger partial charge in [-0.25, -0.2) is 0 Å². The van der Waals surface area contributed by atoms with E-state index in [9.17, 15) is 10.2 Å². The van der Waals surface area contributed by atoms with Crippen molar-refractivity contribution in [2.45, 2.75) is 44.4 Å². The van der Waals surface area contributed by atoms with Gasteiger partial charge < -0.3 is 30.2 Å². The summed E-state index contributed by atoms with van der Waals surface area (Å²) in [6.45, 7) is 3.35. The van der Waals surface area contributed by atoms with E-state index in [2.05, 4.69) is 4.98 Å². The van der Waals surface area contributed by atoms with Crippen molar-refractivity contribution in [2.24, 2.45) is 11.7 Å². The molecule has 0 bridgehead atoms. The number of hydrogen-bond donors (Lipinski definition) is 3. The average molecular weight is 419 g/mol. The minimum absolute atomic E-state index is 0.0718. The zero-order valence-electron chi connectivity index (χ0n) is 17.8. The van der Waals surface area contributed by atoms with Crippen molar-refractivity contribution < 1.29 is 24.4 Å². The highest BCUT2D eigenvalue weighted by molar-refractivity contribution is 5.31. The van der Waals surface area contributed by atoms with Crippen LogP contribution in [0.2, 0.25) is 0 Å². The van der Waals surface area contributed by atoms with Gasteiger partial charge in [0.15, 0.2) is 0 Å². The van der Waals surface area contributed by atoms with Crippen LogP contribution in [0.1, 0.15) is 38.0 Å². The van der Waals surface area contributed by atoms with E-state index in [0.29, 0.717) is 24.5 Å². The van der Waals surface area contributed by atoms with Gasteiger partial charge in [-0.3, -0.25) is 4.98 Å². The van der Waals surface area contributed by atoms with Gasteiger partial charge in [0.2, 0.25) is 0 Å². The molecule has 0 aliphatic carbocycles. The predicted octanol–water partition coefficient (Wildman–Crippen LogP) is 2.71. The highest BCUT2D eigenvalue weighted by Gasteiger charge is 2.25. The maximum absolute atomic E-state index is 10.4. The number of pyridine rings is 1. The fourth-order valence-corrected chi connectivity index (χ4v) is 3.05. The highest BCUT2D eigenvalue weighted by atomic mass is 16.5. The maximum Gasteiger partial charge on any atom is 0.119 e. The molecule has 0 saturated heterocycles. The van der Waals surface area contributed by atoms with Crippen molar-refractivity contribution >= 4 is 0 Å². The summed E-state index contributed by atoms with van der Waals surface area (Å²) in [5, 5.41) is 20.7. The number of hydrogen-bond acceptors (Lipinski definition) is 7. The maximum atomic E-state index is 10.4. The molecular weight excluding hydrogens is 384 g/mol. The monoisotopic (exact) mass is 418 g/mol. The number of unbranched alkanes of at least 4 members (excludes halogenated alkanes) is 1. The molecule has 1 aromatic heterocycles. The quantitative estimate of drug-likeness (QED) is 0.405. The molecule has 0 spiro atoms. The second-order valence-corrected chi connectivity index (χ2v) is 7.46. The Labute approximate surface area is 178 Å². The molecule has 0 radical (unpaired) electrons. The van der Waals surface area contributed by atoms with Crippen molar-refractivity contribution in [3.63, 3.8) is 0 Å². The summed E-state index contributed by atoms with van der Waals surface area (Å²) >= 11 is 0. The largest absolute Gasteiger partial charge is 0.494 e. The van der Waals surface area contributed by atoms with Gasteiger partial charge in [-0.15, -0.1) is 0 Å². The lowest BCUT2D eigenvalue weighted by atomic mass is 9.91. The van der Waals surface area contributed by atoms with Gasteiger partial charge in [0.25, 0.3) is 0 Å². The molecule has 0 aliphatic rings. The smallest absolute Gasteiger partial charge is 0.119 e. The van der Waals surface area contributed by atoms with Crippen LogP contribution in [-0.4, -0.2) is 54.3 Å². The molecule has 1 aromatic carbocycles. The number of aromatic nitrogens is 1. The molecule has 4 N–H and O–H groups in total. The van der Waals surface area contributed by atoms with Crippen LogP contribution in [0.25, 0.3) is 0 Å². The number of benzene rings is 1. The Morgan fingerprint density at radius 1 is 0.967 bits per heavy atom. The fraction of sp³-hybridized carbons (Fsp3) is 0.522. The third-order valence-corrected chi connectivity index (χ3v) is 4.98. The van der Waals surface area contributed by atoms with Gasteiger partial charge in [0, 0.05) is 26.0 Å². The first-order valence-corrected chi connectivity index (χ1v) is 10.4. The number of methoxy groups -OCH3 is 1. The van der Waals surface area contributed by atoms with Crippen LogP contribution in [0.15, 0.2) is 48.7 Å². The Morgan fingerprint density at radius 2 is 1.63 bits per heavy atom. The van der Waals surface area contributed by atoms with E-state index in [1.807, 2.05) is 25.1 Å². The summed E-state index contributed by atoms with van der Waals surface area (Å²) in [5.74, 6) is 1.29. The standard InChI is InChI=1S/C23H34N2O5/c1-17(15-21(26)20-7-3-4-12-25-20)23(24)22(27)16-30-19-10-8-18(9-11-19)29-14-6-5-13-28-2/h3-4,7-12,17,21-23,26-27H,5-6,13-16,24H2,1-2H3. The van der Waals surface area contributed by atoms with E-state index < -0.39 is 18.2 Å². The van der Waals surface area contributed by atoms with Crippen molar-refractivity contribution in [3.05, 3.63) is 54.4 Å². The Hall–Kier alpha value is -2.19. The van der Waals surface area contributed by atoms with Gasteiger partial charge in [-0.1, -0.05) is 13.0 Å². The first kappa shape index (κ1) is 24.1. The molecule has 1 heterocycles. The zero-order valence-corrected chi connectivity index (χ0v) is 17.8. The molecule has 0 aliphatic heterocycles. The van der Waals surface area contributed by atoms with Crippen molar-refractivity contribution in [3.8, 4) is 11.5 Å². The van der Waals surface area contributed by atoms with Crippen LogP contribution in [0, 0.1) is 5.92 Å². The summed E-state index contributed by atoms with van der Waals surface area (Å²) in [6.07, 6.45) is 2.38. The molecule has 166 valence electrons. The van der Waals surface area contributed by atoms with Gasteiger partial charge in [-0.2, -0.15) is 0 Å². The van der Waals surface area contributed by atoms with Crippen molar-refractivity contribution in [2.75, 3.05) is 26.9 Å². The van der Waals surface area contributed by atoms with E-state index in [1.165, 1.54) is 0 Å². The number of rotatable bonds is 14. The molecule has 0 fully saturated rings. The van der Waals surface area contributed by atoms with Gasteiger partial charge in [0.1, 0.15) is 24.2 Å². The SMILES string of the molecule is COCCCCOc1ccc(OCC(O)C(N)C(C)CC(O)c2ccccn2)cc1. The lowest BCUT2D eigenvalue weighted by Gasteiger charge is -2.26. The van der Waals surface area contributed by atoms with Crippen LogP contribution in [-0.2, 0) is 4.74 Å². The molecule has 0 amide bonds. The van der Waals surface area contributed by atoms with E-state index in [4.69, 9.17) is 19.9 Å². The average Bonchev–Trinajstić information content (AvgIpc) is 2.78. The number of ether oxygens (including phenoxy) is 3. The highest BCUT2D eigenvalue weighted by Crippen LogP contribution is 2.23. The summed E-state index contributed by atoms with van der Waals surface area (Å²) in [4.78, 5) is 4.16. The first-order valence-electron chi connectivity index (χ1n) is 10.4. The van der Waals surface area contributed by atoms with E-state index in [-0.39, 0.29) is 12.5 Å². The molecular formula is C23H34N2O5. The van der Waals surface area contributed by atoms with Gasteiger partial charge in [-0.05, 0) is 61.6 Å². The number of nitrogens with zero attached hydrogens (tertiary/aromatic N) is 1. The molecule has 30 heavy (non-hydrogen) atoms. The van der Waals surface area contributed by atoms with Gasteiger partial charge in [0.05, 0.1) is 18.4 Å². The molecule has 7 nitrogen and oxygen atoms in total. The Morgan fingerprint density at radius 3 is 2.27 bits per heavy atom. The Kier molecular flexibility index (Phi) is 10.6. The normalized spacial score (nSPS) is 15.2. The van der Waals surface area contributed by atoms with Crippen molar-refractivity contribution in [1.82, 2.24) is 4.98 Å². The van der Waals surface area contributed by atoms with Crippen LogP contribution in [0.4, 0.5) is 0 Å². The minimum Gasteiger partial charge on any atom is -0.494 e. The van der Waals surface area contributed by atoms with E-state index in [1.54, 1.807) is 37.6 Å². The van der Waals surface area contributed by atoms with E-state index in [0.717, 1.165) is 25.2 Å². The number of nitrogens with two attached hydrogens (primary N) is 1. The lowest BCUT2D eigenvalue weighted by Crippen LogP contribution is -2.44. The third kappa shape index (κ3) is 8.28.